The van der Waals surface area contributed by atoms with E-state index in [1.54, 1.807) is 16.7 Å². The lowest BCUT2D eigenvalue weighted by molar-refractivity contribution is -0.137. The van der Waals surface area contributed by atoms with E-state index in [0.29, 0.717) is 37.4 Å². The third kappa shape index (κ3) is 3.05. The number of hydrogen-bond donors (Lipinski definition) is 2. The maximum Gasteiger partial charge on any atom is 0.253 e. The van der Waals surface area contributed by atoms with Crippen molar-refractivity contribution < 1.29 is 18.7 Å². The number of aliphatic hydroxyl groups is 1. The number of hydrogen-bond acceptors (Lipinski definition) is 4. The van der Waals surface area contributed by atoms with Crippen molar-refractivity contribution in [3.63, 3.8) is 0 Å². The van der Waals surface area contributed by atoms with Gasteiger partial charge in [-0.05, 0) is 30.7 Å². The zero-order chi connectivity index (χ0) is 15.7. The second-order valence-electron chi connectivity index (χ2n) is 5.83. The van der Waals surface area contributed by atoms with Gasteiger partial charge >= 0.3 is 0 Å². The molecule has 3 rings (SSSR count). The van der Waals surface area contributed by atoms with Crippen LogP contribution in [0.1, 0.15) is 12.8 Å². The van der Waals surface area contributed by atoms with E-state index >= 15 is 0 Å². The van der Waals surface area contributed by atoms with E-state index in [2.05, 4.69) is 5.32 Å². The average Bonchev–Trinajstić information content (AvgIpc) is 3.09. The Labute approximate surface area is 131 Å². The minimum atomic E-state index is -1.28. The van der Waals surface area contributed by atoms with Crippen LogP contribution in [0.15, 0.2) is 18.2 Å². The molecule has 2 aliphatic rings. The molecule has 0 aliphatic carbocycles. The fourth-order valence-electron chi connectivity index (χ4n) is 2.89. The van der Waals surface area contributed by atoms with Crippen LogP contribution in [0.25, 0.3) is 0 Å². The Morgan fingerprint density at radius 2 is 2.27 bits per heavy atom. The molecule has 7 heteroatoms. The van der Waals surface area contributed by atoms with Crippen molar-refractivity contribution in [2.45, 2.75) is 24.5 Å². The minimum Gasteiger partial charge on any atom is -0.379 e. The Kier molecular flexibility index (Phi) is 4.27. The van der Waals surface area contributed by atoms with Crippen molar-refractivity contribution in [1.29, 1.82) is 0 Å². The van der Waals surface area contributed by atoms with Gasteiger partial charge in [-0.1, -0.05) is 0 Å². The van der Waals surface area contributed by atoms with Gasteiger partial charge in [-0.25, -0.2) is 8.78 Å². The Bertz CT molecular complexity index is 579. The van der Waals surface area contributed by atoms with E-state index in [9.17, 15) is 18.7 Å². The van der Waals surface area contributed by atoms with E-state index in [4.69, 9.17) is 0 Å². The first-order valence-electron chi connectivity index (χ1n) is 7.29. The van der Waals surface area contributed by atoms with Crippen LogP contribution >= 0.6 is 11.8 Å². The zero-order valence-corrected chi connectivity index (χ0v) is 12.8. The Morgan fingerprint density at radius 3 is 2.95 bits per heavy atom. The van der Waals surface area contributed by atoms with Gasteiger partial charge in [0.05, 0.1) is 5.69 Å². The van der Waals surface area contributed by atoms with Gasteiger partial charge in [0.2, 0.25) is 0 Å². The lowest BCUT2D eigenvalue weighted by Gasteiger charge is -2.24. The summed E-state index contributed by atoms with van der Waals surface area (Å²) in [6.07, 6.45) is 1.14. The Morgan fingerprint density at radius 1 is 1.45 bits per heavy atom. The maximum atomic E-state index is 13.8. The molecule has 2 heterocycles. The molecule has 2 saturated heterocycles. The highest BCUT2D eigenvalue weighted by atomic mass is 32.2. The van der Waals surface area contributed by atoms with E-state index in [-0.39, 0.29) is 11.9 Å². The van der Waals surface area contributed by atoms with Crippen molar-refractivity contribution in [2.75, 3.05) is 29.5 Å². The molecule has 1 aromatic rings. The SMILES string of the molecule is O=C(NC1CCN(c2ccc(F)cc2F)C1)C1(O)CCSC1. The number of thioether (sulfide) groups is 1. The number of rotatable bonds is 3. The molecule has 0 aromatic heterocycles. The third-order valence-electron chi connectivity index (χ3n) is 4.20. The Hall–Kier alpha value is -1.34. The van der Waals surface area contributed by atoms with E-state index < -0.39 is 17.2 Å². The molecular weight excluding hydrogens is 310 g/mol. The van der Waals surface area contributed by atoms with Gasteiger partial charge in [0, 0.05) is 31.0 Å². The lowest BCUT2D eigenvalue weighted by atomic mass is 10.0. The highest BCUT2D eigenvalue weighted by molar-refractivity contribution is 7.99. The predicted octanol–water partition coefficient (Wildman–Crippen LogP) is 1.53. The lowest BCUT2D eigenvalue weighted by Crippen LogP contribution is -2.51. The number of nitrogens with zero attached hydrogens (tertiary/aromatic N) is 1. The summed E-state index contributed by atoms with van der Waals surface area (Å²) in [5, 5.41) is 13.1. The molecule has 2 fully saturated rings. The van der Waals surface area contributed by atoms with Crippen molar-refractivity contribution in [1.82, 2.24) is 5.32 Å². The molecule has 1 amide bonds. The monoisotopic (exact) mass is 328 g/mol. The highest BCUT2D eigenvalue weighted by Gasteiger charge is 2.41. The standard InChI is InChI=1S/C15H18F2N2O2S/c16-10-1-2-13(12(17)7-10)19-5-3-11(8-19)18-14(20)15(21)4-6-22-9-15/h1-2,7,11,21H,3-6,8-9H2,(H,18,20). The van der Waals surface area contributed by atoms with Gasteiger partial charge in [-0.2, -0.15) is 11.8 Å². The van der Waals surface area contributed by atoms with Crippen LogP contribution in [0.3, 0.4) is 0 Å². The predicted molar refractivity (Wildman–Crippen MR) is 82.0 cm³/mol. The quantitative estimate of drug-likeness (QED) is 0.884. The molecule has 2 unspecified atom stereocenters. The number of amides is 1. The van der Waals surface area contributed by atoms with Crippen LogP contribution in [0.2, 0.25) is 0 Å². The molecule has 0 saturated carbocycles. The molecule has 2 N–H and O–H groups in total. The highest BCUT2D eigenvalue weighted by Crippen LogP contribution is 2.29. The first-order chi connectivity index (χ1) is 10.5. The maximum absolute atomic E-state index is 13.8. The number of anilines is 1. The van der Waals surface area contributed by atoms with Crippen molar-refractivity contribution in [3.05, 3.63) is 29.8 Å². The van der Waals surface area contributed by atoms with Gasteiger partial charge in [0.1, 0.15) is 11.6 Å². The second kappa shape index (κ2) is 6.04. The summed E-state index contributed by atoms with van der Waals surface area (Å²) in [5.41, 5.74) is -0.938. The molecule has 0 radical (unpaired) electrons. The van der Waals surface area contributed by atoms with Crippen LogP contribution in [-0.4, -0.2) is 47.3 Å². The fourth-order valence-corrected chi connectivity index (χ4v) is 4.13. The molecule has 1 aromatic carbocycles. The number of nitrogens with one attached hydrogen (secondary N) is 1. The summed E-state index contributed by atoms with van der Waals surface area (Å²) in [7, 11) is 0. The van der Waals surface area contributed by atoms with Gasteiger partial charge in [-0.3, -0.25) is 4.79 Å². The van der Waals surface area contributed by atoms with Crippen molar-refractivity contribution in [2.24, 2.45) is 0 Å². The number of carbonyl (C=O) groups is 1. The normalized spacial score (nSPS) is 28.1. The van der Waals surface area contributed by atoms with E-state index in [1.165, 1.54) is 12.1 Å². The molecule has 0 spiro atoms. The smallest absolute Gasteiger partial charge is 0.253 e. The van der Waals surface area contributed by atoms with Crippen molar-refractivity contribution >= 4 is 23.4 Å². The molecular formula is C15H18F2N2O2S. The topological polar surface area (TPSA) is 52.6 Å². The summed E-state index contributed by atoms with van der Waals surface area (Å²) >= 11 is 1.56. The van der Waals surface area contributed by atoms with Gasteiger partial charge in [0.25, 0.3) is 5.91 Å². The Balaban J connectivity index is 1.61. The minimum absolute atomic E-state index is 0.133. The molecule has 120 valence electrons. The fraction of sp³-hybridized carbons (Fsp3) is 0.533. The molecule has 22 heavy (non-hydrogen) atoms. The summed E-state index contributed by atoms with van der Waals surface area (Å²) in [4.78, 5) is 13.9. The first-order valence-corrected chi connectivity index (χ1v) is 8.44. The third-order valence-corrected chi connectivity index (χ3v) is 5.37. The number of halogens is 2. The first kappa shape index (κ1) is 15.6. The number of carbonyl (C=O) groups excluding carboxylic acids is 1. The largest absolute Gasteiger partial charge is 0.379 e. The van der Waals surface area contributed by atoms with Crippen molar-refractivity contribution in [3.8, 4) is 0 Å². The number of benzene rings is 1. The molecule has 0 bridgehead atoms. The van der Waals surface area contributed by atoms with Gasteiger partial charge in [-0.15, -0.1) is 0 Å². The van der Waals surface area contributed by atoms with E-state index in [1.807, 2.05) is 0 Å². The van der Waals surface area contributed by atoms with Crippen LogP contribution in [0.4, 0.5) is 14.5 Å². The summed E-state index contributed by atoms with van der Waals surface area (Å²) in [6.45, 7) is 1.04. The molecule has 2 aliphatic heterocycles. The summed E-state index contributed by atoms with van der Waals surface area (Å²) < 4.78 is 26.7. The molecule has 2 atom stereocenters. The van der Waals surface area contributed by atoms with E-state index in [0.717, 1.165) is 11.8 Å². The zero-order valence-electron chi connectivity index (χ0n) is 12.0. The van der Waals surface area contributed by atoms with Crippen LogP contribution in [0.5, 0.6) is 0 Å². The average molecular weight is 328 g/mol. The second-order valence-corrected chi connectivity index (χ2v) is 6.94. The summed E-state index contributed by atoms with van der Waals surface area (Å²) in [6, 6.07) is 3.37. The summed E-state index contributed by atoms with van der Waals surface area (Å²) in [5.74, 6) is -0.350. The van der Waals surface area contributed by atoms with Crippen LogP contribution < -0.4 is 10.2 Å². The van der Waals surface area contributed by atoms with Crippen LogP contribution in [-0.2, 0) is 4.79 Å². The molecule has 4 nitrogen and oxygen atoms in total. The van der Waals surface area contributed by atoms with Crippen LogP contribution in [0, 0.1) is 11.6 Å². The van der Waals surface area contributed by atoms with Gasteiger partial charge < -0.3 is 15.3 Å². The van der Waals surface area contributed by atoms with Gasteiger partial charge in [0.15, 0.2) is 5.60 Å².